The van der Waals surface area contributed by atoms with E-state index in [1.807, 2.05) is 0 Å². The van der Waals surface area contributed by atoms with Crippen molar-refractivity contribution < 1.29 is 9.18 Å². The minimum absolute atomic E-state index is 0.0339. The van der Waals surface area contributed by atoms with Crippen molar-refractivity contribution in [2.45, 2.75) is 13.1 Å². The molecular weight excluding hydrogens is 271 g/mol. The lowest BCUT2D eigenvalue weighted by molar-refractivity contribution is -0.122. The number of carbonyl (C=O) groups excluding carboxylic acids is 1. The number of amides is 1. The van der Waals surface area contributed by atoms with Crippen molar-refractivity contribution in [2.75, 3.05) is 5.73 Å². The first-order valence-electron chi connectivity index (χ1n) is 5.53. The number of hydrogen-bond acceptors (Lipinski definition) is 3. The van der Waals surface area contributed by atoms with Crippen molar-refractivity contribution in [3.63, 3.8) is 0 Å². The van der Waals surface area contributed by atoms with E-state index in [1.54, 1.807) is 12.3 Å². The molecule has 100 valence electrons. The summed E-state index contributed by atoms with van der Waals surface area (Å²) in [6, 6.07) is 4.30. The molecule has 1 amide bonds. The van der Waals surface area contributed by atoms with E-state index in [0.29, 0.717) is 5.69 Å². The summed E-state index contributed by atoms with van der Waals surface area (Å²) in [5.74, 6) is -0.702. The van der Waals surface area contributed by atoms with Gasteiger partial charge < -0.3 is 11.1 Å². The number of hydrogen-bond donors (Lipinski definition) is 2. The molecule has 2 aromatic rings. The van der Waals surface area contributed by atoms with E-state index in [1.165, 1.54) is 23.0 Å². The van der Waals surface area contributed by atoms with Crippen molar-refractivity contribution in [3.05, 3.63) is 47.0 Å². The fourth-order valence-corrected chi connectivity index (χ4v) is 1.72. The highest BCUT2D eigenvalue weighted by Gasteiger charge is 2.05. The Bertz CT molecular complexity index is 599. The van der Waals surface area contributed by atoms with E-state index < -0.39 is 5.82 Å². The van der Waals surface area contributed by atoms with Gasteiger partial charge in [-0.05, 0) is 17.7 Å². The number of nitrogens with two attached hydrogens (primary N) is 1. The van der Waals surface area contributed by atoms with Crippen LogP contribution in [0.15, 0.2) is 30.6 Å². The molecule has 3 N–H and O–H groups in total. The first kappa shape index (κ1) is 13.4. The Balaban J connectivity index is 1.88. The molecule has 2 rings (SSSR count). The Hall–Kier alpha value is -2.08. The molecule has 19 heavy (non-hydrogen) atoms. The fourth-order valence-electron chi connectivity index (χ4n) is 1.52. The Morgan fingerprint density at radius 1 is 1.53 bits per heavy atom. The van der Waals surface area contributed by atoms with Crippen LogP contribution in [0, 0.1) is 5.82 Å². The number of halogens is 2. The zero-order valence-corrected chi connectivity index (χ0v) is 10.7. The van der Waals surface area contributed by atoms with Gasteiger partial charge in [0.05, 0.1) is 16.9 Å². The molecule has 0 unspecified atom stereocenters. The maximum absolute atomic E-state index is 12.9. The Kier molecular flexibility index (Phi) is 4.01. The summed E-state index contributed by atoms with van der Waals surface area (Å²) in [6.45, 7) is 0.349. The second kappa shape index (κ2) is 5.71. The minimum atomic E-state index is -0.483. The van der Waals surface area contributed by atoms with Crippen molar-refractivity contribution in [1.82, 2.24) is 15.1 Å². The Labute approximate surface area is 114 Å². The van der Waals surface area contributed by atoms with Crippen LogP contribution in [0.25, 0.3) is 0 Å². The number of carbonyl (C=O) groups is 1. The molecule has 0 aliphatic rings. The third-order valence-corrected chi connectivity index (χ3v) is 2.72. The number of benzene rings is 1. The van der Waals surface area contributed by atoms with E-state index in [-0.39, 0.29) is 24.0 Å². The summed E-state index contributed by atoms with van der Waals surface area (Å²) in [5.41, 5.74) is 6.71. The molecule has 7 heteroatoms. The van der Waals surface area contributed by atoms with Crippen molar-refractivity contribution in [3.8, 4) is 0 Å². The summed E-state index contributed by atoms with van der Waals surface area (Å²) >= 11 is 5.65. The lowest BCUT2D eigenvalue weighted by Crippen LogP contribution is -2.27. The summed E-state index contributed by atoms with van der Waals surface area (Å²) < 4.78 is 14.4. The summed E-state index contributed by atoms with van der Waals surface area (Å²) in [5, 5.41) is 6.61. The molecule has 0 saturated carbocycles. The number of aromatic nitrogens is 2. The van der Waals surface area contributed by atoms with Gasteiger partial charge in [-0.3, -0.25) is 9.48 Å². The van der Waals surface area contributed by atoms with Gasteiger partial charge in [0.1, 0.15) is 12.4 Å². The second-order valence-electron chi connectivity index (χ2n) is 4.00. The number of anilines is 1. The molecule has 0 radical (unpaired) electrons. The van der Waals surface area contributed by atoms with Gasteiger partial charge in [0.2, 0.25) is 5.91 Å². The highest BCUT2D eigenvalue weighted by atomic mass is 35.5. The van der Waals surface area contributed by atoms with Crippen LogP contribution in [0.5, 0.6) is 0 Å². The van der Waals surface area contributed by atoms with Gasteiger partial charge in [-0.25, -0.2) is 4.39 Å². The van der Waals surface area contributed by atoms with Gasteiger partial charge in [0.25, 0.3) is 0 Å². The molecule has 0 fully saturated rings. The molecule has 0 spiro atoms. The normalized spacial score (nSPS) is 10.4. The van der Waals surface area contributed by atoms with Crippen LogP contribution >= 0.6 is 11.6 Å². The van der Waals surface area contributed by atoms with Gasteiger partial charge in [-0.2, -0.15) is 5.10 Å². The smallest absolute Gasteiger partial charge is 0.241 e. The SMILES string of the molecule is Nc1cnn(CC(=O)NCc2ccc(F)c(Cl)c2)c1. The number of nitrogen functional groups attached to an aromatic ring is 1. The van der Waals surface area contributed by atoms with E-state index in [4.69, 9.17) is 17.3 Å². The third kappa shape index (κ3) is 3.69. The molecule has 0 saturated heterocycles. The van der Waals surface area contributed by atoms with Gasteiger partial charge in [0, 0.05) is 12.7 Å². The van der Waals surface area contributed by atoms with Crippen LogP contribution in [0.3, 0.4) is 0 Å². The average molecular weight is 283 g/mol. The first-order valence-corrected chi connectivity index (χ1v) is 5.91. The molecule has 1 aromatic carbocycles. The van der Waals surface area contributed by atoms with Gasteiger partial charge in [-0.1, -0.05) is 17.7 Å². The zero-order valence-electron chi connectivity index (χ0n) is 9.94. The molecule has 5 nitrogen and oxygen atoms in total. The largest absolute Gasteiger partial charge is 0.396 e. The fraction of sp³-hybridized carbons (Fsp3) is 0.167. The predicted octanol–water partition coefficient (Wildman–Crippen LogP) is 1.57. The lowest BCUT2D eigenvalue weighted by atomic mass is 10.2. The van der Waals surface area contributed by atoms with Crippen molar-refractivity contribution >= 4 is 23.2 Å². The monoisotopic (exact) mass is 282 g/mol. The number of nitrogens with one attached hydrogen (secondary N) is 1. The van der Waals surface area contributed by atoms with E-state index in [9.17, 15) is 9.18 Å². The van der Waals surface area contributed by atoms with Gasteiger partial charge in [0.15, 0.2) is 0 Å². The van der Waals surface area contributed by atoms with Gasteiger partial charge >= 0.3 is 0 Å². The third-order valence-electron chi connectivity index (χ3n) is 2.43. The predicted molar refractivity (Wildman–Crippen MR) is 69.9 cm³/mol. The highest BCUT2D eigenvalue weighted by Crippen LogP contribution is 2.15. The maximum atomic E-state index is 12.9. The number of nitrogens with zero attached hydrogens (tertiary/aromatic N) is 2. The topological polar surface area (TPSA) is 72.9 Å². The van der Waals surface area contributed by atoms with Crippen molar-refractivity contribution in [2.24, 2.45) is 0 Å². The van der Waals surface area contributed by atoms with E-state index >= 15 is 0 Å². The molecule has 0 atom stereocenters. The summed E-state index contributed by atoms with van der Waals surface area (Å²) in [4.78, 5) is 11.6. The zero-order chi connectivity index (χ0) is 13.8. The second-order valence-corrected chi connectivity index (χ2v) is 4.40. The Morgan fingerprint density at radius 2 is 2.32 bits per heavy atom. The van der Waals surface area contributed by atoms with Crippen LogP contribution in [-0.4, -0.2) is 15.7 Å². The quantitative estimate of drug-likeness (QED) is 0.894. The van der Waals surface area contributed by atoms with Crippen LogP contribution < -0.4 is 11.1 Å². The molecule has 1 aromatic heterocycles. The lowest BCUT2D eigenvalue weighted by Gasteiger charge is -2.06. The van der Waals surface area contributed by atoms with Crippen molar-refractivity contribution in [1.29, 1.82) is 0 Å². The molecule has 0 aliphatic heterocycles. The minimum Gasteiger partial charge on any atom is -0.396 e. The van der Waals surface area contributed by atoms with Crippen LogP contribution in [0.4, 0.5) is 10.1 Å². The molecular formula is C12H12ClFN4O. The molecule has 1 heterocycles. The molecule has 0 bridgehead atoms. The average Bonchev–Trinajstić information content (AvgIpc) is 2.76. The van der Waals surface area contributed by atoms with Crippen LogP contribution in [0.2, 0.25) is 5.02 Å². The maximum Gasteiger partial charge on any atom is 0.241 e. The van der Waals surface area contributed by atoms with E-state index in [0.717, 1.165) is 5.56 Å². The first-order chi connectivity index (χ1) is 9.04. The van der Waals surface area contributed by atoms with Gasteiger partial charge in [-0.15, -0.1) is 0 Å². The van der Waals surface area contributed by atoms with Crippen LogP contribution in [-0.2, 0) is 17.9 Å². The van der Waals surface area contributed by atoms with E-state index in [2.05, 4.69) is 10.4 Å². The van der Waals surface area contributed by atoms with Crippen LogP contribution in [0.1, 0.15) is 5.56 Å². The number of rotatable bonds is 4. The highest BCUT2D eigenvalue weighted by molar-refractivity contribution is 6.30. The molecule has 0 aliphatic carbocycles. The summed E-state index contributed by atoms with van der Waals surface area (Å²) in [7, 11) is 0. The summed E-state index contributed by atoms with van der Waals surface area (Å²) in [6.07, 6.45) is 3.03. The Morgan fingerprint density at radius 3 is 2.95 bits per heavy atom. The standard InChI is InChI=1S/C12H12ClFN4O/c13-10-3-8(1-2-11(10)14)4-16-12(19)7-18-6-9(15)5-17-18/h1-3,5-6H,4,7,15H2,(H,16,19).